The van der Waals surface area contributed by atoms with Gasteiger partial charge in [0.05, 0.1) is 5.69 Å². The summed E-state index contributed by atoms with van der Waals surface area (Å²) in [6.07, 6.45) is 0. The number of carbonyl (C=O) groups excluding carboxylic acids is 3. The number of aryl methyl sites for hydroxylation is 1. The second-order valence-corrected chi connectivity index (χ2v) is 6.52. The predicted octanol–water partition coefficient (Wildman–Crippen LogP) is 1.45. The van der Waals surface area contributed by atoms with Crippen molar-refractivity contribution in [2.45, 2.75) is 13.5 Å². The molecule has 3 aromatic rings. The molecule has 1 heterocycles. The Labute approximate surface area is 175 Å². The molecule has 3 N–H and O–H groups in total. The maximum atomic E-state index is 13.1. The van der Waals surface area contributed by atoms with Gasteiger partial charge in [0, 0.05) is 11.6 Å². The zero-order valence-electron chi connectivity index (χ0n) is 15.6. The first-order valence-corrected chi connectivity index (χ1v) is 9.04. The van der Waals surface area contributed by atoms with E-state index in [0.717, 1.165) is 5.56 Å². The molecule has 0 unspecified atom stereocenters. The highest BCUT2D eigenvalue weighted by Gasteiger charge is 2.18. The van der Waals surface area contributed by atoms with Crippen molar-refractivity contribution in [3.8, 4) is 5.69 Å². The van der Waals surface area contributed by atoms with E-state index in [-0.39, 0.29) is 12.4 Å². The predicted molar refractivity (Wildman–Crippen MR) is 105 cm³/mol. The van der Waals surface area contributed by atoms with Gasteiger partial charge in [-0.1, -0.05) is 23.7 Å². The number of hydrogen-bond acceptors (Lipinski definition) is 5. The number of nitrogens with one attached hydrogen (secondary N) is 3. The lowest BCUT2D eigenvalue weighted by molar-refractivity contribution is -0.139. The molecule has 0 radical (unpaired) electrons. The van der Waals surface area contributed by atoms with Crippen molar-refractivity contribution >= 4 is 29.3 Å². The Morgan fingerprint density at radius 2 is 1.67 bits per heavy atom. The van der Waals surface area contributed by atoms with E-state index < -0.39 is 23.5 Å². The average Bonchev–Trinajstić information content (AvgIpc) is 3.13. The molecule has 0 aliphatic carbocycles. The second-order valence-electron chi connectivity index (χ2n) is 6.09. The van der Waals surface area contributed by atoms with E-state index in [1.54, 1.807) is 31.2 Å². The lowest BCUT2D eigenvalue weighted by Gasteiger charge is -2.07. The minimum atomic E-state index is -1.06. The average molecular weight is 431 g/mol. The Balaban J connectivity index is 1.54. The molecule has 2 aromatic carbocycles. The van der Waals surface area contributed by atoms with Gasteiger partial charge in [0.15, 0.2) is 0 Å². The van der Waals surface area contributed by atoms with Crippen LogP contribution in [0.5, 0.6) is 0 Å². The first-order valence-electron chi connectivity index (χ1n) is 8.66. The summed E-state index contributed by atoms with van der Waals surface area (Å²) in [6.45, 7) is 1.72. The number of carbonyl (C=O) groups is 3. The van der Waals surface area contributed by atoms with E-state index >= 15 is 0 Å². The first-order chi connectivity index (χ1) is 14.3. The highest BCUT2D eigenvalue weighted by atomic mass is 35.5. The van der Waals surface area contributed by atoms with Gasteiger partial charge in [-0.25, -0.2) is 14.1 Å². The Bertz CT molecular complexity index is 1080. The van der Waals surface area contributed by atoms with Gasteiger partial charge in [0.2, 0.25) is 5.82 Å². The molecule has 1 aromatic heterocycles. The van der Waals surface area contributed by atoms with Crippen LogP contribution in [0.3, 0.4) is 0 Å². The van der Waals surface area contributed by atoms with Gasteiger partial charge in [0.25, 0.3) is 0 Å². The summed E-state index contributed by atoms with van der Waals surface area (Å²) in [5.74, 6) is -3.10. The number of nitrogens with zero attached hydrogens (tertiary/aromatic N) is 3. The van der Waals surface area contributed by atoms with E-state index in [0.29, 0.717) is 16.5 Å². The monoisotopic (exact) mass is 430 g/mol. The van der Waals surface area contributed by atoms with Crippen LogP contribution in [-0.4, -0.2) is 32.5 Å². The summed E-state index contributed by atoms with van der Waals surface area (Å²) in [4.78, 5) is 39.8. The molecule has 3 rings (SSSR count). The summed E-state index contributed by atoms with van der Waals surface area (Å²) in [7, 11) is 0. The number of benzene rings is 2. The van der Waals surface area contributed by atoms with Crippen LogP contribution in [0.1, 0.15) is 22.0 Å². The van der Waals surface area contributed by atoms with Gasteiger partial charge in [-0.2, -0.15) is 0 Å². The Morgan fingerprint density at radius 3 is 2.33 bits per heavy atom. The molecule has 0 atom stereocenters. The summed E-state index contributed by atoms with van der Waals surface area (Å²) >= 11 is 5.78. The quantitative estimate of drug-likeness (QED) is 0.427. The number of hydrazine groups is 1. The summed E-state index contributed by atoms with van der Waals surface area (Å²) < 4.78 is 14.4. The van der Waals surface area contributed by atoms with Crippen LogP contribution in [-0.2, 0) is 16.1 Å². The smallest absolute Gasteiger partial charge is 0.327 e. The molecule has 30 heavy (non-hydrogen) atoms. The molecular formula is C19H16ClFN6O3. The fraction of sp³-hybridized carbons (Fsp3) is 0.105. The third-order valence-electron chi connectivity index (χ3n) is 3.91. The van der Waals surface area contributed by atoms with Crippen molar-refractivity contribution in [3.63, 3.8) is 0 Å². The maximum Gasteiger partial charge on any atom is 0.327 e. The Kier molecular flexibility index (Phi) is 6.38. The molecule has 0 aliphatic heterocycles. The van der Waals surface area contributed by atoms with E-state index in [9.17, 15) is 18.8 Å². The fourth-order valence-corrected chi connectivity index (χ4v) is 2.53. The molecule has 9 nitrogen and oxygen atoms in total. The van der Waals surface area contributed by atoms with Gasteiger partial charge < -0.3 is 5.32 Å². The fourth-order valence-electron chi connectivity index (χ4n) is 2.40. The summed E-state index contributed by atoms with van der Waals surface area (Å²) in [5, 5.41) is 6.99. The molecule has 0 saturated heterocycles. The van der Waals surface area contributed by atoms with Gasteiger partial charge >= 0.3 is 17.7 Å². The second kappa shape index (κ2) is 9.14. The normalized spacial score (nSPS) is 10.4. The van der Waals surface area contributed by atoms with Crippen LogP contribution in [0.2, 0.25) is 5.02 Å². The molecular weight excluding hydrogens is 415 g/mol. The molecule has 0 saturated carbocycles. The van der Waals surface area contributed by atoms with Gasteiger partial charge in [-0.05, 0) is 48.9 Å². The topological polar surface area (TPSA) is 118 Å². The SMILES string of the molecule is Cc1nc(C(=O)NNC(=O)C(=O)NCc2ccc(Cl)cc2)nn1-c1ccc(F)cc1. The number of halogens is 2. The molecule has 0 aliphatic rings. The highest BCUT2D eigenvalue weighted by Crippen LogP contribution is 2.11. The molecule has 11 heteroatoms. The molecule has 0 spiro atoms. The van der Waals surface area contributed by atoms with Crippen molar-refractivity contribution in [2.75, 3.05) is 0 Å². The summed E-state index contributed by atoms with van der Waals surface area (Å²) in [5.41, 5.74) is 5.31. The maximum absolute atomic E-state index is 13.1. The first kappa shape index (κ1) is 20.9. The Morgan fingerprint density at radius 1 is 1.00 bits per heavy atom. The van der Waals surface area contributed by atoms with Crippen molar-refractivity contribution in [3.05, 3.63) is 76.6 Å². The lowest BCUT2D eigenvalue weighted by Crippen LogP contribution is -2.48. The van der Waals surface area contributed by atoms with E-state index in [2.05, 4.69) is 20.8 Å². The van der Waals surface area contributed by atoms with Crippen LogP contribution in [0.4, 0.5) is 4.39 Å². The van der Waals surface area contributed by atoms with E-state index in [1.165, 1.54) is 28.9 Å². The van der Waals surface area contributed by atoms with Gasteiger partial charge in [-0.3, -0.25) is 25.2 Å². The minimum Gasteiger partial charge on any atom is -0.344 e. The zero-order valence-corrected chi connectivity index (χ0v) is 16.4. The number of aromatic nitrogens is 3. The van der Waals surface area contributed by atoms with Crippen molar-refractivity contribution in [1.29, 1.82) is 0 Å². The molecule has 0 fully saturated rings. The summed E-state index contributed by atoms with van der Waals surface area (Å²) in [6, 6.07) is 12.2. The van der Waals surface area contributed by atoms with Crippen LogP contribution < -0.4 is 16.2 Å². The van der Waals surface area contributed by atoms with Crippen LogP contribution in [0, 0.1) is 12.7 Å². The van der Waals surface area contributed by atoms with Crippen LogP contribution >= 0.6 is 11.6 Å². The highest BCUT2D eigenvalue weighted by molar-refractivity contribution is 6.35. The van der Waals surface area contributed by atoms with E-state index in [4.69, 9.17) is 11.6 Å². The zero-order chi connectivity index (χ0) is 21.7. The number of hydrogen-bond donors (Lipinski definition) is 3. The lowest BCUT2D eigenvalue weighted by atomic mass is 10.2. The van der Waals surface area contributed by atoms with Crippen LogP contribution in [0.15, 0.2) is 48.5 Å². The molecule has 3 amide bonds. The van der Waals surface area contributed by atoms with E-state index in [1.807, 2.05) is 5.43 Å². The van der Waals surface area contributed by atoms with Crippen molar-refractivity contribution < 1.29 is 18.8 Å². The minimum absolute atomic E-state index is 0.111. The Hall–Kier alpha value is -3.79. The van der Waals surface area contributed by atoms with Gasteiger partial charge in [-0.15, -0.1) is 5.10 Å². The molecule has 0 bridgehead atoms. The van der Waals surface area contributed by atoms with Crippen molar-refractivity contribution in [1.82, 2.24) is 30.9 Å². The standard InChI is InChI=1S/C19H16ClFN6O3/c1-11-23-16(26-27(11)15-8-6-14(21)7-9-15)17(28)24-25-19(30)18(29)22-10-12-2-4-13(20)5-3-12/h2-9H,10H2,1H3,(H,22,29)(H,24,28)(H,25,30). The molecule has 154 valence electrons. The third-order valence-corrected chi connectivity index (χ3v) is 4.16. The van der Waals surface area contributed by atoms with Gasteiger partial charge in [0.1, 0.15) is 11.6 Å². The van der Waals surface area contributed by atoms with Crippen LogP contribution in [0.25, 0.3) is 5.69 Å². The largest absolute Gasteiger partial charge is 0.344 e. The number of rotatable bonds is 4. The van der Waals surface area contributed by atoms with Crippen molar-refractivity contribution in [2.24, 2.45) is 0 Å². The number of amides is 3. The third kappa shape index (κ3) is 5.17.